The van der Waals surface area contributed by atoms with Crippen LogP contribution in [0.25, 0.3) is 6.08 Å². The minimum atomic E-state index is -1.33. The summed E-state index contributed by atoms with van der Waals surface area (Å²) in [5.41, 5.74) is 0.637. The average molecular weight is 366 g/mol. The van der Waals surface area contributed by atoms with Gasteiger partial charge < -0.3 is 19.7 Å². The van der Waals surface area contributed by atoms with Crippen LogP contribution in [0.3, 0.4) is 0 Å². The zero-order valence-corrected chi connectivity index (χ0v) is 14.8. The highest BCUT2D eigenvalue weighted by atomic mass is 32.2. The summed E-state index contributed by atoms with van der Waals surface area (Å²) in [6, 6.07) is 3.61. The molecule has 2 rings (SSSR count). The Morgan fingerprint density at radius 1 is 1.50 bits per heavy atom. The van der Waals surface area contributed by atoms with Crippen molar-refractivity contribution in [2.45, 2.75) is 26.3 Å². The Morgan fingerprint density at radius 3 is 2.79 bits per heavy atom. The number of hydrogen-bond acceptors (Lipinski definition) is 7. The monoisotopic (exact) mass is 366 g/mol. The van der Waals surface area contributed by atoms with Gasteiger partial charge in [0, 0.05) is 0 Å². The molecule has 1 fully saturated rings. The molecule has 1 heterocycles. The van der Waals surface area contributed by atoms with Gasteiger partial charge >= 0.3 is 0 Å². The number of benzene rings is 1. The predicted molar refractivity (Wildman–Crippen MR) is 93.4 cm³/mol. The van der Waals surface area contributed by atoms with Gasteiger partial charge in [0.1, 0.15) is 4.32 Å². The highest BCUT2D eigenvalue weighted by Crippen LogP contribution is 2.35. The maximum atomic E-state index is 12.5. The van der Waals surface area contributed by atoms with E-state index in [-0.39, 0.29) is 16.5 Å². The van der Waals surface area contributed by atoms with Crippen molar-refractivity contribution < 1.29 is 24.5 Å². The van der Waals surface area contributed by atoms with Gasteiger partial charge in [0.15, 0.2) is 11.5 Å². The first-order valence-electron chi connectivity index (χ1n) is 7.32. The lowest BCUT2D eigenvalue weighted by Crippen LogP contribution is -2.49. The second-order valence-corrected chi connectivity index (χ2v) is 6.63. The Labute approximate surface area is 149 Å². The molecule has 0 radical (unpaired) electrons. The van der Waals surface area contributed by atoms with Gasteiger partial charge in [-0.15, -0.1) is 0 Å². The van der Waals surface area contributed by atoms with E-state index in [4.69, 9.17) is 17.0 Å². The smallest absolute Gasteiger partial charge is 0.266 e. The number of thioether (sulfide) groups is 1. The Kier molecular flexibility index (Phi) is 5.84. The van der Waals surface area contributed by atoms with Gasteiger partial charge in [-0.1, -0.05) is 37.0 Å². The second kappa shape index (κ2) is 7.67. The molecule has 1 amide bonds. The molecule has 6 nitrogen and oxygen atoms in total. The van der Waals surface area contributed by atoms with Gasteiger partial charge in [0.05, 0.1) is 23.5 Å². The van der Waals surface area contributed by atoms with Crippen LogP contribution in [0.1, 0.15) is 25.8 Å². The molecule has 1 saturated heterocycles. The molecule has 0 aromatic heterocycles. The van der Waals surface area contributed by atoms with E-state index in [1.54, 1.807) is 32.1 Å². The number of carboxylic acid groups (broad SMARTS) is 1. The Morgan fingerprint density at radius 2 is 2.21 bits per heavy atom. The van der Waals surface area contributed by atoms with Crippen molar-refractivity contribution in [1.82, 2.24) is 4.90 Å². The summed E-state index contributed by atoms with van der Waals surface area (Å²) in [7, 11) is 0. The van der Waals surface area contributed by atoms with Crippen molar-refractivity contribution in [2.75, 3.05) is 6.61 Å². The summed E-state index contributed by atoms with van der Waals surface area (Å²) in [5.74, 6) is -1.49. The number of hydrogen-bond donors (Lipinski definition) is 1. The van der Waals surface area contributed by atoms with E-state index in [1.807, 2.05) is 0 Å². The lowest BCUT2D eigenvalue weighted by Gasteiger charge is -2.26. The molecule has 128 valence electrons. The minimum absolute atomic E-state index is 0.00421. The molecule has 0 aliphatic carbocycles. The lowest BCUT2D eigenvalue weighted by atomic mass is 10.1. The van der Waals surface area contributed by atoms with E-state index in [1.165, 1.54) is 6.07 Å². The zero-order valence-electron chi connectivity index (χ0n) is 13.1. The standard InChI is InChI=1S/C16H17NO5S2/c1-3-10(15(20)21)17-14(19)13(24-16(17)23)8-9-5-6-11(18)12(7-9)22-4-2/h5-8,10,18H,3-4H2,1-2H3,(H,20,21)/p-1/b13-8-/t10-/m0/s1. The summed E-state index contributed by atoms with van der Waals surface area (Å²) in [6.45, 7) is 3.84. The minimum Gasteiger partial charge on any atom is -0.548 e. The second-order valence-electron chi connectivity index (χ2n) is 4.95. The van der Waals surface area contributed by atoms with Gasteiger partial charge in [0.2, 0.25) is 0 Å². The number of aliphatic carboxylic acids is 1. The van der Waals surface area contributed by atoms with Crippen LogP contribution in [-0.4, -0.2) is 38.9 Å². The third-order valence-corrected chi connectivity index (χ3v) is 4.71. The molecular formula is C16H16NO5S2-. The van der Waals surface area contributed by atoms with Crippen LogP contribution >= 0.6 is 24.0 Å². The SMILES string of the molecule is CCOc1cc(/C=C2\SC(=S)N([C@@H](CC)C(=O)[O-])C2=O)ccc1O. The van der Waals surface area contributed by atoms with Crippen LogP contribution < -0.4 is 9.84 Å². The number of nitrogens with zero attached hydrogens (tertiary/aromatic N) is 1. The maximum absolute atomic E-state index is 12.5. The number of phenolic OH excluding ortho intramolecular Hbond substituents is 1. The van der Waals surface area contributed by atoms with Crippen LogP contribution in [0, 0.1) is 0 Å². The third kappa shape index (κ3) is 3.70. The number of carboxylic acids is 1. The number of thiocarbonyl (C=S) groups is 1. The van der Waals surface area contributed by atoms with Crippen molar-refractivity contribution in [2.24, 2.45) is 0 Å². The average Bonchev–Trinajstić information content (AvgIpc) is 2.79. The van der Waals surface area contributed by atoms with Crippen LogP contribution in [0.4, 0.5) is 0 Å². The van der Waals surface area contributed by atoms with E-state index in [0.717, 1.165) is 16.7 Å². The largest absolute Gasteiger partial charge is 0.548 e. The fraction of sp³-hybridized carbons (Fsp3) is 0.312. The molecule has 0 saturated carbocycles. The highest BCUT2D eigenvalue weighted by Gasteiger charge is 2.37. The molecule has 24 heavy (non-hydrogen) atoms. The summed E-state index contributed by atoms with van der Waals surface area (Å²) in [6.07, 6.45) is 1.79. The molecule has 1 aromatic carbocycles. The van der Waals surface area contributed by atoms with Crippen LogP contribution in [-0.2, 0) is 9.59 Å². The summed E-state index contributed by atoms with van der Waals surface area (Å²) < 4.78 is 5.49. The van der Waals surface area contributed by atoms with Gasteiger partial charge in [-0.2, -0.15) is 0 Å². The molecule has 0 bridgehead atoms. The molecule has 1 aromatic rings. The number of rotatable bonds is 6. The zero-order chi connectivity index (χ0) is 17.9. The molecule has 8 heteroatoms. The van der Waals surface area contributed by atoms with E-state index in [2.05, 4.69) is 0 Å². The normalized spacial score (nSPS) is 17.4. The van der Waals surface area contributed by atoms with Gasteiger partial charge in [-0.25, -0.2) is 0 Å². The fourth-order valence-corrected chi connectivity index (χ4v) is 3.60. The number of phenols is 1. The number of amides is 1. The number of aromatic hydroxyl groups is 1. The molecule has 0 spiro atoms. The summed E-state index contributed by atoms with van der Waals surface area (Å²) in [4.78, 5) is 25.1. The summed E-state index contributed by atoms with van der Waals surface area (Å²) >= 11 is 6.17. The molecule has 1 aliphatic heterocycles. The van der Waals surface area contributed by atoms with Crippen LogP contribution in [0.5, 0.6) is 11.5 Å². The van der Waals surface area contributed by atoms with Crippen molar-refractivity contribution in [3.05, 3.63) is 28.7 Å². The first kappa shape index (κ1) is 18.3. The quantitative estimate of drug-likeness (QED) is 0.603. The Hall–Kier alpha value is -2.06. The molecule has 1 atom stereocenters. The van der Waals surface area contributed by atoms with Crippen LogP contribution in [0.2, 0.25) is 0 Å². The molecular weight excluding hydrogens is 350 g/mol. The van der Waals surface area contributed by atoms with Crippen molar-refractivity contribution in [3.8, 4) is 11.5 Å². The first-order chi connectivity index (χ1) is 11.4. The highest BCUT2D eigenvalue weighted by molar-refractivity contribution is 8.26. The van der Waals surface area contributed by atoms with Crippen molar-refractivity contribution in [1.29, 1.82) is 0 Å². The lowest BCUT2D eigenvalue weighted by molar-refractivity contribution is -0.310. The fourth-order valence-electron chi connectivity index (χ4n) is 2.25. The van der Waals surface area contributed by atoms with Gasteiger partial charge in [0.25, 0.3) is 5.91 Å². The first-order valence-corrected chi connectivity index (χ1v) is 8.55. The van der Waals surface area contributed by atoms with Crippen molar-refractivity contribution >= 4 is 46.3 Å². The Balaban J connectivity index is 2.32. The Bertz CT molecular complexity index is 716. The van der Waals surface area contributed by atoms with Crippen molar-refractivity contribution in [3.63, 3.8) is 0 Å². The molecule has 1 aliphatic rings. The van der Waals surface area contributed by atoms with E-state index < -0.39 is 17.9 Å². The van der Waals surface area contributed by atoms with Gasteiger partial charge in [-0.3, -0.25) is 9.69 Å². The third-order valence-electron chi connectivity index (χ3n) is 3.38. The van der Waals surface area contributed by atoms with Crippen LogP contribution in [0.15, 0.2) is 23.1 Å². The number of carbonyl (C=O) groups is 2. The number of ether oxygens (including phenoxy) is 1. The molecule has 0 unspecified atom stereocenters. The van der Waals surface area contributed by atoms with Gasteiger partial charge in [-0.05, 0) is 37.1 Å². The molecule has 1 N–H and O–H groups in total. The number of carbonyl (C=O) groups excluding carboxylic acids is 2. The van der Waals surface area contributed by atoms with E-state index in [0.29, 0.717) is 22.8 Å². The van der Waals surface area contributed by atoms with E-state index in [9.17, 15) is 19.8 Å². The topological polar surface area (TPSA) is 89.9 Å². The summed E-state index contributed by atoms with van der Waals surface area (Å²) in [5, 5.41) is 20.9. The maximum Gasteiger partial charge on any atom is 0.266 e. The van der Waals surface area contributed by atoms with E-state index >= 15 is 0 Å². The predicted octanol–water partition coefficient (Wildman–Crippen LogP) is 1.52.